The molecule has 0 saturated heterocycles. The summed E-state index contributed by atoms with van der Waals surface area (Å²) in [7, 11) is 0. The van der Waals surface area contributed by atoms with Crippen molar-refractivity contribution in [3.8, 4) is 5.75 Å². The van der Waals surface area contributed by atoms with Crippen molar-refractivity contribution < 1.29 is 9.53 Å². The zero-order valence-electron chi connectivity index (χ0n) is 8.12. The number of hydrogen-bond donors (Lipinski definition) is 0. The van der Waals surface area contributed by atoms with Gasteiger partial charge in [-0.2, -0.15) is 4.37 Å². The van der Waals surface area contributed by atoms with Gasteiger partial charge in [0.15, 0.2) is 10.0 Å². The van der Waals surface area contributed by atoms with Crippen LogP contribution >= 0.6 is 50.7 Å². The van der Waals surface area contributed by atoms with Crippen LogP contribution in [-0.2, 0) is 0 Å². The highest BCUT2D eigenvalue weighted by atomic mass is 79.9. The van der Waals surface area contributed by atoms with Gasteiger partial charge in [0, 0.05) is 4.47 Å². The topological polar surface area (TPSA) is 39.2 Å². The van der Waals surface area contributed by atoms with Gasteiger partial charge in [-0.15, -0.1) is 0 Å². The van der Waals surface area contributed by atoms with Crippen LogP contribution in [0.25, 0.3) is 0 Å². The summed E-state index contributed by atoms with van der Waals surface area (Å²) >= 11 is 15.6. The second-order valence-corrected chi connectivity index (χ2v) is 5.38. The number of ether oxygens (including phenoxy) is 1. The molecule has 1 aromatic heterocycles. The van der Waals surface area contributed by atoms with Crippen LogP contribution in [0.2, 0.25) is 10.2 Å². The summed E-state index contributed by atoms with van der Waals surface area (Å²) in [6.45, 7) is 0. The van der Waals surface area contributed by atoms with E-state index in [9.17, 15) is 4.79 Å². The van der Waals surface area contributed by atoms with Crippen molar-refractivity contribution in [3.05, 3.63) is 43.8 Å². The van der Waals surface area contributed by atoms with Crippen LogP contribution in [0, 0.1) is 0 Å². The molecule has 0 aliphatic carbocycles. The predicted molar refractivity (Wildman–Crippen MR) is 71.2 cm³/mol. The molecule has 1 heterocycles. The summed E-state index contributed by atoms with van der Waals surface area (Å²) in [5, 5.41) is 0.234. The SMILES string of the molecule is O=C(Oc1ccc(Br)cc1)c1snc(Cl)c1Cl. The van der Waals surface area contributed by atoms with Crippen LogP contribution in [0.3, 0.4) is 0 Å². The van der Waals surface area contributed by atoms with E-state index in [1.807, 2.05) is 0 Å². The van der Waals surface area contributed by atoms with E-state index in [1.54, 1.807) is 24.3 Å². The molecule has 0 spiro atoms. The molecule has 0 atom stereocenters. The molecule has 0 aliphatic rings. The fraction of sp³-hybridized carbons (Fsp3) is 0. The molecule has 0 bridgehead atoms. The van der Waals surface area contributed by atoms with Crippen molar-refractivity contribution in [1.82, 2.24) is 4.37 Å². The van der Waals surface area contributed by atoms with E-state index in [2.05, 4.69) is 20.3 Å². The highest BCUT2D eigenvalue weighted by Gasteiger charge is 2.19. The summed E-state index contributed by atoms with van der Waals surface area (Å²) in [5.74, 6) is -0.138. The number of hydrogen-bond acceptors (Lipinski definition) is 4. The lowest BCUT2D eigenvalue weighted by Crippen LogP contribution is -2.06. The summed E-state index contributed by atoms with van der Waals surface area (Å²) in [6.07, 6.45) is 0. The van der Waals surface area contributed by atoms with E-state index in [0.717, 1.165) is 16.0 Å². The van der Waals surface area contributed by atoms with Crippen LogP contribution in [0.5, 0.6) is 5.75 Å². The fourth-order valence-corrected chi connectivity index (χ4v) is 2.39. The minimum Gasteiger partial charge on any atom is -0.422 e. The number of halogens is 3. The molecule has 88 valence electrons. The Balaban J connectivity index is 2.17. The van der Waals surface area contributed by atoms with Crippen molar-refractivity contribution in [3.63, 3.8) is 0 Å². The standard InChI is InChI=1S/C10H4BrCl2NO2S/c11-5-1-3-6(4-2-5)16-10(15)8-7(12)9(13)14-17-8/h1-4H. The third kappa shape index (κ3) is 2.98. The third-order valence-electron chi connectivity index (χ3n) is 1.81. The predicted octanol–water partition coefficient (Wildman–Crippen LogP) is 4.43. The van der Waals surface area contributed by atoms with Gasteiger partial charge in [0.05, 0.1) is 0 Å². The summed E-state index contributed by atoms with van der Waals surface area (Å²) < 4.78 is 9.78. The van der Waals surface area contributed by atoms with Gasteiger partial charge in [-0.1, -0.05) is 39.1 Å². The largest absolute Gasteiger partial charge is 0.422 e. The summed E-state index contributed by atoms with van der Waals surface area (Å²) in [4.78, 5) is 11.9. The van der Waals surface area contributed by atoms with E-state index in [0.29, 0.717) is 5.75 Å². The minimum atomic E-state index is -0.568. The fourth-order valence-electron chi connectivity index (χ4n) is 1.04. The van der Waals surface area contributed by atoms with Crippen molar-refractivity contribution in [2.75, 3.05) is 0 Å². The Kier molecular flexibility index (Phi) is 4.04. The lowest BCUT2D eigenvalue weighted by Gasteiger charge is -2.02. The van der Waals surface area contributed by atoms with Crippen LogP contribution in [0.4, 0.5) is 0 Å². The van der Waals surface area contributed by atoms with Gasteiger partial charge < -0.3 is 4.74 Å². The van der Waals surface area contributed by atoms with E-state index >= 15 is 0 Å². The van der Waals surface area contributed by atoms with Gasteiger partial charge in [0.1, 0.15) is 10.8 Å². The Morgan fingerprint density at radius 3 is 2.47 bits per heavy atom. The molecule has 0 amide bonds. The van der Waals surface area contributed by atoms with E-state index in [4.69, 9.17) is 27.9 Å². The molecule has 0 radical (unpaired) electrons. The summed E-state index contributed by atoms with van der Waals surface area (Å²) in [6, 6.07) is 6.87. The molecule has 2 rings (SSSR count). The average molecular weight is 353 g/mol. The highest BCUT2D eigenvalue weighted by Crippen LogP contribution is 2.29. The number of benzene rings is 1. The lowest BCUT2D eigenvalue weighted by atomic mass is 10.3. The van der Waals surface area contributed by atoms with Gasteiger partial charge >= 0.3 is 5.97 Å². The van der Waals surface area contributed by atoms with Crippen LogP contribution in [0.1, 0.15) is 9.67 Å². The highest BCUT2D eigenvalue weighted by molar-refractivity contribution is 9.10. The molecule has 2 aromatic rings. The van der Waals surface area contributed by atoms with Gasteiger partial charge in [-0.25, -0.2) is 4.79 Å². The molecule has 0 fully saturated rings. The third-order valence-corrected chi connectivity index (χ3v) is 4.11. The quantitative estimate of drug-likeness (QED) is 0.592. The van der Waals surface area contributed by atoms with Crippen LogP contribution in [-0.4, -0.2) is 10.3 Å². The van der Waals surface area contributed by atoms with E-state index in [1.165, 1.54) is 0 Å². The second-order valence-electron chi connectivity index (χ2n) is 2.96. The Morgan fingerprint density at radius 2 is 1.94 bits per heavy atom. The molecule has 0 unspecified atom stereocenters. The average Bonchev–Trinajstić information content (AvgIpc) is 2.63. The number of aromatic nitrogens is 1. The Labute approximate surface area is 120 Å². The van der Waals surface area contributed by atoms with E-state index < -0.39 is 5.97 Å². The molecule has 1 aromatic carbocycles. The smallest absolute Gasteiger partial charge is 0.356 e. The Hall–Kier alpha value is -0.620. The Bertz CT molecular complexity index is 556. The molecular weight excluding hydrogens is 349 g/mol. The summed E-state index contributed by atoms with van der Waals surface area (Å²) in [5.41, 5.74) is 0. The van der Waals surface area contributed by atoms with Crippen LogP contribution < -0.4 is 4.74 Å². The molecule has 0 N–H and O–H groups in total. The number of nitrogens with zero attached hydrogens (tertiary/aromatic N) is 1. The van der Waals surface area contributed by atoms with E-state index in [-0.39, 0.29) is 15.1 Å². The van der Waals surface area contributed by atoms with Crippen molar-refractivity contribution in [2.45, 2.75) is 0 Å². The number of carbonyl (C=O) groups excluding carboxylic acids is 1. The minimum absolute atomic E-state index is 0.111. The maximum Gasteiger partial charge on any atom is 0.356 e. The number of carbonyl (C=O) groups is 1. The molecule has 0 saturated carbocycles. The van der Waals surface area contributed by atoms with Gasteiger partial charge in [0.2, 0.25) is 0 Å². The maximum atomic E-state index is 11.7. The molecular formula is C10H4BrCl2NO2S. The van der Waals surface area contributed by atoms with Gasteiger partial charge in [-0.05, 0) is 35.8 Å². The second kappa shape index (κ2) is 5.35. The van der Waals surface area contributed by atoms with Gasteiger partial charge in [0.25, 0.3) is 0 Å². The first-order chi connectivity index (χ1) is 8.08. The molecule has 17 heavy (non-hydrogen) atoms. The van der Waals surface area contributed by atoms with Gasteiger partial charge in [-0.3, -0.25) is 0 Å². The normalized spacial score (nSPS) is 10.3. The number of esters is 1. The molecule has 0 aliphatic heterocycles. The molecule has 3 nitrogen and oxygen atoms in total. The number of rotatable bonds is 2. The van der Waals surface area contributed by atoms with Crippen molar-refractivity contribution in [2.24, 2.45) is 0 Å². The lowest BCUT2D eigenvalue weighted by molar-refractivity contribution is 0.0740. The first kappa shape index (κ1) is 12.8. The molecule has 7 heteroatoms. The van der Waals surface area contributed by atoms with Crippen molar-refractivity contribution in [1.29, 1.82) is 0 Å². The maximum absolute atomic E-state index is 11.7. The first-order valence-electron chi connectivity index (χ1n) is 4.36. The zero-order valence-corrected chi connectivity index (χ0v) is 12.0. The Morgan fingerprint density at radius 1 is 1.29 bits per heavy atom. The zero-order chi connectivity index (χ0) is 12.4. The first-order valence-corrected chi connectivity index (χ1v) is 6.68. The van der Waals surface area contributed by atoms with Crippen LogP contribution in [0.15, 0.2) is 28.7 Å². The van der Waals surface area contributed by atoms with Crippen molar-refractivity contribution >= 4 is 56.6 Å². The monoisotopic (exact) mass is 351 g/mol.